The maximum Gasteiger partial charge on any atom is 0.437 e. The summed E-state index contributed by atoms with van der Waals surface area (Å²) in [5, 5.41) is 2.97. The van der Waals surface area contributed by atoms with Crippen molar-refractivity contribution >= 4 is 28.5 Å². The first-order chi connectivity index (χ1) is 19.8. The zero-order chi connectivity index (χ0) is 30.2. The van der Waals surface area contributed by atoms with Gasteiger partial charge in [0, 0.05) is 30.3 Å². The number of aromatic nitrogens is 2. The highest BCUT2D eigenvalue weighted by Gasteiger charge is 2.45. The molecule has 0 aliphatic carbocycles. The standard InChI is InChI=1S/C30H35F3N4O5/c1-18(2)41-28(39)21-16-37(17-29(3,4)23-22-25(30(31,32)33)35-42-26(22)34-24(21)23)27(38)19-8-10-20(11-9-19)40-15-14-36-12-6-5-7-13-36/h8-11,16,18,34H,5-7,12-15,17H2,1-4H3. The van der Waals surface area contributed by atoms with E-state index in [0.29, 0.717) is 17.9 Å². The lowest BCUT2D eigenvalue weighted by Gasteiger charge is -2.29. The van der Waals surface area contributed by atoms with Crippen molar-refractivity contribution in [3.8, 4) is 5.75 Å². The van der Waals surface area contributed by atoms with Crippen LogP contribution in [0.25, 0.3) is 16.7 Å². The number of carbonyl (C=O) groups is 2. The minimum Gasteiger partial charge on any atom is -0.492 e. The van der Waals surface area contributed by atoms with Crippen LogP contribution in [0.15, 0.2) is 35.0 Å². The minimum absolute atomic E-state index is 0.0270. The number of hydrogen-bond acceptors (Lipinski definition) is 7. The predicted molar refractivity (Wildman–Crippen MR) is 149 cm³/mol. The van der Waals surface area contributed by atoms with E-state index < -0.39 is 35.3 Å². The van der Waals surface area contributed by atoms with Crippen molar-refractivity contribution in [1.82, 2.24) is 19.9 Å². The van der Waals surface area contributed by atoms with Crippen LogP contribution >= 0.6 is 0 Å². The summed E-state index contributed by atoms with van der Waals surface area (Å²) in [7, 11) is 0. The second-order valence-corrected chi connectivity index (χ2v) is 11.7. The number of esters is 1. The Morgan fingerprint density at radius 2 is 1.81 bits per heavy atom. The van der Waals surface area contributed by atoms with E-state index in [1.165, 1.54) is 30.4 Å². The molecule has 0 atom stereocenters. The minimum atomic E-state index is -4.79. The van der Waals surface area contributed by atoms with E-state index in [9.17, 15) is 22.8 Å². The molecule has 2 aromatic heterocycles. The smallest absolute Gasteiger partial charge is 0.437 e. The molecule has 0 bridgehead atoms. The third kappa shape index (κ3) is 6.04. The van der Waals surface area contributed by atoms with Crippen molar-refractivity contribution in [2.45, 2.75) is 64.7 Å². The van der Waals surface area contributed by atoms with Crippen LogP contribution < -0.4 is 4.74 Å². The van der Waals surface area contributed by atoms with Crippen LogP contribution in [-0.2, 0) is 21.1 Å². The number of rotatable bonds is 7. The summed E-state index contributed by atoms with van der Waals surface area (Å²) in [4.78, 5) is 33.5. The van der Waals surface area contributed by atoms with E-state index in [4.69, 9.17) is 14.0 Å². The fourth-order valence-electron chi connectivity index (χ4n) is 5.65. The van der Waals surface area contributed by atoms with Gasteiger partial charge in [-0.25, -0.2) is 4.79 Å². The predicted octanol–water partition coefficient (Wildman–Crippen LogP) is 5.77. The molecule has 1 aromatic carbocycles. The number of likely N-dealkylation sites (tertiary alicyclic amines) is 1. The van der Waals surface area contributed by atoms with Gasteiger partial charge in [0.05, 0.1) is 22.8 Å². The number of fused-ring (bicyclic) bond motifs is 3. The Hall–Kier alpha value is -3.80. The fraction of sp³-hybridized carbons (Fsp3) is 0.500. The zero-order valence-electron chi connectivity index (χ0n) is 24.1. The van der Waals surface area contributed by atoms with Crippen molar-refractivity contribution in [2.75, 3.05) is 32.8 Å². The van der Waals surface area contributed by atoms with Gasteiger partial charge in [-0.3, -0.25) is 9.69 Å². The van der Waals surface area contributed by atoms with E-state index in [2.05, 4.69) is 15.0 Å². The molecule has 1 saturated heterocycles. The largest absolute Gasteiger partial charge is 0.492 e. The van der Waals surface area contributed by atoms with Crippen LogP contribution in [0.3, 0.4) is 0 Å². The number of alkyl halides is 3. The molecule has 0 radical (unpaired) electrons. The molecule has 1 N–H and O–H groups in total. The molecule has 0 spiro atoms. The molecule has 42 heavy (non-hydrogen) atoms. The van der Waals surface area contributed by atoms with E-state index in [-0.39, 0.29) is 34.5 Å². The average Bonchev–Trinajstić information content (AvgIpc) is 3.47. The number of aromatic amines is 1. The first kappa shape index (κ1) is 29.7. The Morgan fingerprint density at radius 1 is 1.12 bits per heavy atom. The maximum atomic E-state index is 13.9. The molecule has 12 heteroatoms. The van der Waals surface area contributed by atoms with Crippen LogP contribution in [0.4, 0.5) is 13.2 Å². The van der Waals surface area contributed by atoms with Crippen molar-refractivity contribution in [2.24, 2.45) is 0 Å². The summed E-state index contributed by atoms with van der Waals surface area (Å²) < 4.78 is 58.0. The van der Waals surface area contributed by atoms with Gasteiger partial charge in [-0.05, 0) is 69.6 Å². The first-order valence-electron chi connectivity index (χ1n) is 14.1. The number of H-pyrrole nitrogens is 1. The van der Waals surface area contributed by atoms with Crippen LogP contribution in [0.2, 0.25) is 0 Å². The Labute approximate surface area is 241 Å². The molecule has 1 amide bonds. The van der Waals surface area contributed by atoms with Gasteiger partial charge in [-0.15, -0.1) is 0 Å². The van der Waals surface area contributed by atoms with E-state index >= 15 is 0 Å². The van der Waals surface area contributed by atoms with Crippen LogP contribution in [0.5, 0.6) is 5.75 Å². The highest BCUT2D eigenvalue weighted by atomic mass is 19.4. The topological polar surface area (TPSA) is 101 Å². The summed E-state index contributed by atoms with van der Waals surface area (Å²) in [6.45, 7) is 10.2. The van der Waals surface area contributed by atoms with Crippen molar-refractivity contribution in [3.63, 3.8) is 0 Å². The lowest BCUT2D eigenvalue weighted by Crippen LogP contribution is -2.37. The normalized spacial score (nSPS) is 17.6. The molecule has 0 unspecified atom stereocenters. The highest BCUT2D eigenvalue weighted by Crippen LogP contribution is 2.45. The van der Waals surface area contributed by atoms with Crippen molar-refractivity contribution in [1.29, 1.82) is 0 Å². The Balaban J connectivity index is 1.44. The maximum absolute atomic E-state index is 13.9. The van der Waals surface area contributed by atoms with Gasteiger partial charge in [0.25, 0.3) is 5.91 Å². The molecule has 2 aliphatic heterocycles. The summed E-state index contributed by atoms with van der Waals surface area (Å²) >= 11 is 0. The lowest BCUT2D eigenvalue weighted by atomic mass is 9.81. The van der Waals surface area contributed by atoms with E-state index in [1.807, 2.05) is 0 Å². The number of carbonyl (C=O) groups excluding carboxylic acids is 2. The second kappa shape index (κ2) is 11.5. The van der Waals surface area contributed by atoms with Gasteiger partial charge < -0.3 is 23.9 Å². The summed E-state index contributed by atoms with van der Waals surface area (Å²) in [6, 6.07) is 6.69. The van der Waals surface area contributed by atoms with E-state index in [1.54, 1.807) is 52.0 Å². The van der Waals surface area contributed by atoms with Gasteiger partial charge in [0.15, 0.2) is 5.69 Å². The van der Waals surface area contributed by atoms with Crippen LogP contribution in [-0.4, -0.2) is 70.7 Å². The monoisotopic (exact) mass is 588 g/mol. The SMILES string of the molecule is CC(C)OC(=O)C1=CN(C(=O)c2ccc(OCCN3CCCCC3)cc2)CC(C)(C)c2c1[nH]c1onc(C(F)(F)F)c21. The molecule has 0 saturated carbocycles. The molecule has 9 nitrogen and oxygen atoms in total. The number of halogens is 3. The van der Waals surface area contributed by atoms with Gasteiger partial charge in [-0.1, -0.05) is 25.4 Å². The molecule has 2 aliphatic rings. The van der Waals surface area contributed by atoms with Crippen molar-refractivity contribution in [3.05, 3.63) is 53.0 Å². The first-order valence-corrected chi connectivity index (χ1v) is 14.1. The zero-order valence-corrected chi connectivity index (χ0v) is 24.1. The Bertz CT molecular complexity index is 1480. The highest BCUT2D eigenvalue weighted by molar-refractivity contribution is 6.18. The summed E-state index contributed by atoms with van der Waals surface area (Å²) in [5.74, 6) is -0.591. The third-order valence-electron chi connectivity index (χ3n) is 7.55. The van der Waals surface area contributed by atoms with Gasteiger partial charge in [0.1, 0.15) is 12.4 Å². The second-order valence-electron chi connectivity index (χ2n) is 11.7. The number of nitrogens with one attached hydrogen (secondary N) is 1. The lowest BCUT2D eigenvalue weighted by molar-refractivity contribution is -0.141. The number of piperidine rings is 1. The molecule has 1 fully saturated rings. The van der Waals surface area contributed by atoms with Crippen LogP contribution in [0.1, 0.15) is 74.3 Å². The molecular weight excluding hydrogens is 553 g/mol. The average molecular weight is 589 g/mol. The molecule has 5 rings (SSSR count). The van der Waals surface area contributed by atoms with Gasteiger partial charge in [-0.2, -0.15) is 13.2 Å². The Morgan fingerprint density at radius 3 is 2.45 bits per heavy atom. The summed E-state index contributed by atoms with van der Waals surface area (Å²) in [5.41, 5.74) is -1.95. The third-order valence-corrected chi connectivity index (χ3v) is 7.55. The number of nitrogens with zero attached hydrogens (tertiary/aromatic N) is 3. The van der Waals surface area contributed by atoms with E-state index in [0.717, 1.165) is 19.6 Å². The van der Waals surface area contributed by atoms with Gasteiger partial charge in [0.2, 0.25) is 5.71 Å². The van der Waals surface area contributed by atoms with Gasteiger partial charge >= 0.3 is 12.1 Å². The summed E-state index contributed by atoms with van der Waals surface area (Å²) in [6.07, 6.45) is -0.294. The quantitative estimate of drug-likeness (QED) is 0.350. The number of benzene rings is 1. The number of ether oxygens (including phenoxy) is 2. The molecule has 4 heterocycles. The molecule has 3 aromatic rings. The number of amides is 1. The molecule has 226 valence electrons. The van der Waals surface area contributed by atoms with Crippen LogP contribution in [0, 0.1) is 0 Å². The Kier molecular flexibility index (Phi) is 8.10. The van der Waals surface area contributed by atoms with Crippen molar-refractivity contribution < 1.29 is 36.8 Å². The molecular formula is C30H35F3N4O5. The number of hydrogen-bond donors (Lipinski definition) is 1. The fourth-order valence-corrected chi connectivity index (χ4v) is 5.65.